The second-order valence-electron chi connectivity index (χ2n) is 4.30. The van der Waals surface area contributed by atoms with Crippen LogP contribution in [-0.4, -0.2) is 36.7 Å². The van der Waals surface area contributed by atoms with Gasteiger partial charge >= 0.3 is 0 Å². The van der Waals surface area contributed by atoms with Gasteiger partial charge in [0.2, 0.25) is 0 Å². The Hall–Kier alpha value is 0.270. The van der Waals surface area contributed by atoms with Crippen LogP contribution in [0.15, 0.2) is 0 Å². The second kappa shape index (κ2) is 4.67. The summed E-state index contributed by atoms with van der Waals surface area (Å²) >= 11 is 2.08. The maximum atomic E-state index is 3.66. The average molecular weight is 200 g/mol. The van der Waals surface area contributed by atoms with Crippen molar-refractivity contribution in [1.82, 2.24) is 10.6 Å². The maximum absolute atomic E-state index is 3.66. The number of nitrogens with one attached hydrogen (secondary N) is 2. The van der Waals surface area contributed by atoms with Gasteiger partial charge in [0.25, 0.3) is 0 Å². The van der Waals surface area contributed by atoms with Crippen LogP contribution in [0.5, 0.6) is 0 Å². The Bertz CT molecular complexity index is 157. The van der Waals surface area contributed by atoms with E-state index in [1.807, 2.05) is 0 Å². The first kappa shape index (κ1) is 9.81. The summed E-state index contributed by atoms with van der Waals surface area (Å²) in [7, 11) is 0. The van der Waals surface area contributed by atoms with E-state index in [4.69, 9.17) is 0 Å². The van der Waals surface area contributed by atoms with Crippen molar-refractivity contribution in [3.05, 3.63) is 0 Å². The molecule has 1 aliphatic heterocycles. The van der Waals surface area contributed by atoms with Crippen molar-refractivity contribution in [3.8, 4) is 0 Å². The van der Waals surface area contributed by atoms with Crippen LogP contribution in [0, 0.1) is 5.92 Å². The van der Waals surface area contributed by atoms with E-state index < -0.39 is 0 Å². The lowest BCUT2D eigenvalue weighted by molar-refractivity contribution is 0.225. The zero-order chi connectivity index (χ0) is 9.10. The summed E-state index contributed by atoms with van der Waals surface area (Å²) < 4.78 is 0. The van der Waals surface area contributed by atoms with E-state index in [0.29, 0.717) is 6.04 Å². The van der Waals surface area contributed by atoms with Gasteiger partial charge in [0.05, 0.1) is 0 Å². The van der Waals surface area contributed by atoms with Crippen LogP contribution in [-0.2, 0) is 0 Å². The Labute approximate surface area is 85.2 Å². The lowest BCUT2D eigenvalue weighted by Crippen LogP contribution is -2.50. The van der Waals surface area contributed by atoms with Crippen LogP contribution < -0.4 is 10.6 Å². The molecule has 13 heavy (non-hydrogen) atoms. The predicted octanol–water partition coefficient (Wildman–Crippen LogP) is 1.08. The zero-order valence-electron chi connectivity index (χ0n) is 8.38. The van der Waals surface area contributed by atoms with E-state index in [1.165, 1.54) is 37.4 Å². The lowest BCUT2D eigenvalue weighted by Gasteiger charge is -2.36. The van der Waals surface area contributed by atoms with Crippen molar-refractivity contribution >= 4 is 11.8 Å². The first-order chi connectivity index (χ1) is 6.36. The number of rotatable bonds is 3. The minimum atomic E-state index is 0.714. The van der Waals surface area contributed by atoms with Crippen molar-refractivity contribution in [1.29, 1.82) is 0 Å². The molecule has 76 valence electrons. The first-order valence-corrected chi connectivity index (χ1v) is 6.56. The van der Waals surface area contributed by atoms with Gasteiger partial charge in [-0.25, -0.2) is 0 Å². The van der Waals surface area contributed by atoms with Gasteiger partial charge in [-0.2, -0.15) is 11.8 Å². The van der Waals surface area contributed by atoms with Crippen molar-refractivity contribution in [2.75, 3.05) is 24.6 Å². The monoisotopic (exact) mass is 200 g/mol. The van der Waals surface area contributed by atoms with Crippen molar-refractivity contribution < 1.29 is 0 Å². The first-order valence-electron chi connectivity index (χ1n) is 5.41. The van der Waals surface area contributed by atoms with Crippen LogP contribution >= 0.6 is 11.8 Å². The number of hydrogen-bond acceptors (Lipinski definition) is 3. The molecule has 2 N–H and O–H groups in total. The van der Waals surface area contributed by atoms with Gasteiger partial charge in [-0.15, -0.1) is 0 Å². The molecule has 2 rings (SSSR count). The molecule has 1 heterocycles. The summed E-state index contributed by atoms with van der Waals surface area (Å²) in [5.74, 6) is 3.49. The molecule has 1 aliphatic carbocycles. The molecule has 0 aromatic heterocycles. The summed E-state index contributed by atoms with van der Waals surface area (Å²) in [6, 6.07) is 1.53. The molecule has 0 bridgehead atoms. The summed E-state index contributed by atoms with van der Waals surface area (Å²) in [4.78, 5) is 0. The van der Waals surface area contributed by atoms with Crippen molar-refractivity contribution in [2.45, 2.75) is 31.8 Å². The summed E-state index contributed by atoms with van der Waals surface area (Å²) in [5.41, 5.74) is 0. The molecular formula is C10H20N2S. The van der Waals surface area contributed by atoms with E-state index in [2.05, 4.69) is 29.3 Å². The highest BCUT2D eigenvalue weighted by Crippen LogP contribution is 2.26. The molecule has 0 amide bonds. The molecule has 0 aromatic carbocycles. The fourth-order valence-electron chi connectivity index (χ4n) is 2.01. The number of thioether (sulfide) groups is 1. The molecule has 0 spiro atoms. The maximum Gasteiger partial charge on any atom is 0.0283 e. The van der Waals surface area contributed by atoms with Crippen LogP contribution in [0.3, 0.4) is 0 Å². The minimum absolute atomic E-state index is 0.714. The molecule has 3 unspecified atom stereocenters. The Kier molecular flexibility index (Phi) is 3.52. The van der Waals surface area contributed by atoms with E-state index in [1.54, 1.807) is 0 Å². The normalized spacial score (nSPS) is 39.9. The highest BCUT2D eigenvalue weighted by Gasteiger charge is 2.26. The van der Waals surface area contributed by atoms with Gasteiger partial charge in [0.15, 0.2) is 0 Å². The highest BCUT2D eigenvalue weighted by atomic mass is 32.2. The van der Waals surface area contributed by atoms with Crippen LogP contribution in [0.2, 0.25) is 0 Å². The van der Waals surface area contributed by atoms with Crippen LogP contribution in [0.25, 0.3) is 0 Å². The highest BCUT2D eigenvalue weighted by molar-refractivity contribution is 7.99. The van der Waals surface area contributed by atoms with E-state index in [0.717, 1.165) is 12.0 Å². The standard InChI is InChI=1S/C10H20N2S/c1-8-2-3-10(8)12-6-9-7-13-5-4-11-9/h8-12H,2-7H2,1H3. The molecule has 3 heteroatoms. The summed E-state index contributed by atoms with van der Waals surface area (Å²) in [6.45, 7) is 4.71. The van der Waals surface area contributed by atoms with Gasteiger partial charge < -0.3 is 10.6 Å². The van der Waals surface area contributed by atoms with E-state index >= 15 is 0 Å². The minimum Gasteiger partial charge on any atom is -0.312 e. The average Bonchev–Trinajstić information content (AvgIpc) is 2.17. The molecular weight excluding hydrogens is 180 g/mol. The Morgan fingerprint density at radius 3 is 2.92 bits per heavy atom. The quantitative estimate of drug-likeness (QED) is 0.713. The predicted molar refractivity (Wildman–Crippen MR) is 59.3 cm³/mol. The molecule has 2 aliphatic rings. The molecule has 0 aromatic rings. The molecule has 1 saturated carbocycles. The van der Waals surface area contributed by atoms with E-state index in [9.17, 15) is 0 Å². The molecule has 0 radical (unpaired) electrons. The molecule has 1 saturated heterocycles. The Morgan fingerprint density at radius 2 is 2.38 bits per heavy atom. The molecule has 2 fully saturated rings. The summed E-state index contributed by atoms with van der Waals surface area (Å²) in [5, 5.41) is 7.22. The Balaban J connectivity index is 1.61. The SMILES string of the molecule is CC1CCC1NCC1CSCCN1. The topological polar surface area (TPSA) is 24.1 Å². The second-order valence-corrected chi connectivity index (χ2v) is 5.45. The lowest BCUT2D eigenvalue weighted by atomic mass is 9.81. The smallest absolute Gasteiger partial charge is 0.0283 e. The van der Waals surface area contributed by atoms with Gasteiger partial charge in [0.1, 0.15) is 0 Å². The molecule has 2 nitrogen and oxygen atoms in total. The van der Waals surface area contributed by atoms with Gasteiger partial charge in [-0.3, -0.25) is 0 Å². The van der Waals surface area contributed by atoms with Gasteiger partial charge in [-0.1, -0.05) is 6.92 Å². The third-order valence-electron chi connectivity index (χ3n) is 3.24. The fourth-order valence-corrected chi connectivity index (χ4v) is 2.96. The van der Waals surface area contributed by atoms with Crippen molar-refractivity contribution in [3.63, 3.8) is 0 Å². The van der Waals surface area contributed by atoms with Crippen LogP contribution in [0.1, 0.15) is 19.8 Å². The third kappa shape index (κ3) is 2.61. The summed E-state index contributed by atoms with van der Waals surface area (Å²) in [6.07, 6.45) is 2.81. The molecule has 3 atom stereocenters. The van der Waals surface area contributed by atoms with E-state index in [-0.39, 0.29) is 0 Å². The number of hydrogen-bond donors (Lipinski definition) is 2. The Morgan fingerprint density at radius 1 is 1.46 bits per heavy atom. The van der Waals surface area contributed by atoms with Gasteiger partial charge in [0, 0.05) is 36.7 Å². The third-order valence-corrected chi connectivity index (χ3v) is 4.38. The largest absolute Gasteiger partial charge is 0.312 e. The fraction of sp³-hybridized carbons (Fsp3) is 1.00. The van der Waals surface area contributed by atoms with Crippen molar-refractivity contribution in [2.24, 2.45) is 5.92 Å². The van der Waals surface area contributed by atoms with Gasteiger partial charge in [-0.05, 0) is 18.8 Å². The zero-order valence-corrected chi connectivity index (χ0v) is 9.20. The van der Waals surface area contributed by atoms with Crippen LogP contribution in [0.4, 0.5) is 0 Å².